The summed E-state index contributed by atoms with van der Waals surface area (Å²) in [5.41, 5.74) is 7.77. The SMILES string of the molecule is CCN(Cc1ccccc1)C(=O)c1cc(NC(=O)[C@@H](N)C(C)C)ccc1Cl.Cl. The van der Waals surface area contributed by atoms with Crippen molar-refractivity contribution in [2.45, 2.75) is 33.4 Å². The van der Waals surface area contributed by atoms with Crippen LogP contribution in [0.3, 0.4) is 0 Å². The molecule has 2 aromatic rings. The summed E-state index contributed by atoms with van der Waals surface area (Å²) in [6.07, 6.45) is 0. The van der Waals surface area contributed by atoms with E-state index in [1.54, 1.807) is 23.1 Å². The molecule has 0 heterocycles. The van der Waals surface area contributed by atoms with Crippen LogP contribution in [-0.4, -0.2) is 29.3 Å². The van der Waals surface area contributed by atoms with Gasteiger partial charge in [0.2, 0.25) is 5.91 Å². The summed E-state index contributed by atoms with van der Waals surface area (Å²) in [7, 11) is 0. The topological polar surface area (TPSA) is 75.4 Å². The number of nitrogens with zero attached hydrogens (tertiary/aromatic N) is 1. The van der Waals surface area contributed by atoms with Gasteiger partial charge in [-0.15, -0.1) is 12.4 Å². The van der Waals surface area contributed by atoms with E-state index in [0.29, 0.717) is 29.4 Å². The summed E-state index contributed by atoms with van der Waals surface area (Å²) < 4.78 is 0. The van der Waals surface area contributed by atoms with Crippen LogP contribution in [0.15, 0.2) is 48.5 Å². The maximum atomic E-state index is 13.0. The van der Waals surface area contributed by atoms with Gasteiger partial charge in [-0.25, -0.2) is 0 Å². The number of amides is 2. The van der Waals surface area contributed by atoms with Gasteiger partial charge in [0.1, 0.15) is 0 Å². The average Bonchev–Trinajstić information content (AvgIpc) is 2.67. The molecule has 3 N–H and O–H groups in total. The second-order valence-corrected chi connectivity index (χ2v) is 7.17. The Morgan fingerprint density at radius 3 is 2.36 bits per heavy atom. The third-order valence-corrected chi connectivity index (χ3v) is 4.70. The third-order valence-electron chi connectivity index (χ3n) is 4.37. The molecule has 28 heavy (non-hydrogen) atoms. The first kappa shape index (κ1) is 24.0. The van der Waals surface area contributed by atoms with Crippen molar-refractivity contribution >= 4 is 41.5 Å². The zero-order valence-electron chi connectivity index (χ0n) is 16.3. The molecule has 0 bridgehead atoms. The van der Waals surface area contributed by atoms with E-state index in [1.807, 2.05) is 51.1 Å². The monoisotopic (exact) mass is 423 g/mol. The molecule has 0 radical (unpaired) electrons. The largest absolute Gasteiger partial charge is 0.335 e. The summed E-state index contributed by atoms with van der Waals surface area (Å²) >= 11 is 6.26. The molecule has 5 nitrogen and oxygen atoms in total. The summed E-state index contributed by atoms with van der Waals surface area (Å²) in [6.45, 7) is 6.70. The van der Waals surface area contributed by atoms with Crippen molar-refractivity contribution in [1.82, 2.24) is 4.90 Å². The third kappa shape index (κ3) is 6.23. The Labute approximate surface area is 177 Å². The Kier molecular flexibility index (Phi) is 9.46. The molecule has 152 valence electrons. The second kappa shape index (κ2) is 11.1. The predicted molar refractivity (Wildman–Crippen MR) is 117 cm³/mol. The molecule has 0 saturated heterocycles. The molecule has 7 heteroatoms. The number of carbonyl (C=O) groups excluding carboxylic acids is 2. The Bertz CT molecular complexity index is 797. The molecule has 1 atom stereocenters. The van der Waals surface area contributed by atoms with Gasteiger partial charge in [0.05, 0.1) is 16.6 Å². The number of hydrogen-bond donors (Lipinski definition) is 2. The summed E-state index contributed by atoms with van der Waals surface area (Å²) in [6, 6.07) is 14.0. The second-order valence-electron chi connectivity index (χ2n) is 6.76. The maximum Gasteiger partial charge on any atom is 0.255 e. The number of benzene rings is 2. The molecule has 0 aromatic heterocycles. The minimum atomic E-state index is -0.620. The van der Waals surface area contributed by atoms with Gasteiger partial charge < -0.3 is 16.0 Å². The quantitative estimate of drug-likeness (QED) is 0.694. The number of anilines is 1. The van der Waals surface area contributed by atoms with E-state index < -0.39 is 6.04 Å². The lowest BCUT2D eigenvalue weighted by molar-refractivity contribution is -0.118. The number of halogens is 2. The molecule has 2 aromatic carbocycles. The van der Waals surface area contributed by atoms with Crippen LogP contribution in [0.2, 0.25) is 5.02 Å². The molecule has 0 fully saturated rings. The van der Waals surface area contributed by atoms with E-state index in [2.05, 4.69) is 5.32 Å². The molecule has 2 rings (SSSR count). The Morgan fingerprint density at radius 2 is 1.79 bits per heavy atom. The summed E-state index contributed by atoms with van der Waals surface area (Å²) in [5, 5.41) is 3.10. The van der Waals surface area contributed by atoms with E-state index >= 15 is 0 Å². The number of carbonyl (C=O) groups is 2. The van der Waals surface area contributed by atoms with Crippen LogP contribution < -0.4 is 11.1 Å². The zero-order valence-corrected chi connectivity index (χ0v) is 17.9. The van der Waals surface area contributed by atoms with Gasteiger partial charge in [-0.05, 0) is 36.6 Å². The van der Waals surface area contributed by atoms with Gasteiger partial charge in [-0.3, -0.25) is 9.59 Å². The van der Waals surface area contributed by atoms with Crippen molar-refractivity contribution in [1.29, 1.82) is 0 Å². The van der Waals surface area contributed by atoms with Gasteiger partial charge in [0.25, 0.3) is 5.91 Å². The van der Waals surface area contributed by atoms with Crippen LogP contribution in [0.1, 0.15) is 36.7 Å². The Morgan fingerprint density at radius 1 is 1.14 bits per heavy atom. The highest BCUT2D eigenvalue weighted by Crippen LogP contribution is 2.23. The van der Waals surface area contributed by atoms with Crippen LogP contribution >= 0.6 is 24.0 Å². The minimum absolute atomic E-state index is 0. The maximum absolute atomic E-state index is 13.0. The number of hydrogen-bond acceptors (Lipinski definition) is 3. The molecule has 2 amide bonds. The highest BCUT2D eigenvalue weighted by atomic mass is 35.5. The first-order valence-corrected chi connectivity index (χ1v) is 9.40. The number of nitrogens with two attached hydrogens (primary N) is 1. The first-order chi connectivity index (χ1) is 12.8. The van der Waals surface area contributed by atoms with E-state index in [1.165, 1.54) is 0 Å². The molecular weight excluding hydrogens is 397 g/mol. The normalized spacial score (nSPS) is 11.5. The van der Waals surface area contributed by atoms with Crippen LogP contribution in [0.5, 0.6) is 0 Å². The highest BCUT2D eigenvalue weighted by molar-refractivity contribution is 6.34. The Hall–Kier alpha value is -2.08. The minimum Gasteiger partial charge on any atom is -0.335 e. The first-order valence-electron chi connectivity index (χ1n) is 9.02. The van der Waals surface area contributed by atoms with Gasteiger partial charge >= 0.3 is 0 Å². The molecule has 0 spiro atoms. The standard InChI is InChI=1S/C21H26ClN3O2.ClH/c1-4-25(13-15-8-6-5-7-9-15)21(27)17-12-16(10-11-18(17)22)24-20(26)19(23)14(2)3;/h5-12,14,19H,4,13,23H2,1-3H3,(H,24,26);1H/t19-;/m0./s1. The molecule has 0 unspecified atom stereocenters. The van der Waals surface area contributed by atoms with Crippen LogP contribution in [0.4, 0.5) is 5.69 Å². The van der Waals surface area contributed by atoms with Crippen LogP contribution in [0.25, 0.3) is 0 Å². The summed E-state index contributed by atoms with van der Waals surface area (Å²) in [5.74, 6) is -0.460. The fourth-order valence-corrected chi connectivity index (χ4v) is 2.80. The van der Waals surface area contributed by atoms with Gasteiger partial charge in [-0.1, -0.05) is 55.8 Å². The van der Waals surface area contributed by atoms with Crippen molar-refractivity contribution in [3.8, 4) is 0 Å². The van der Waals surface area contributed by atoms with Crippen molar-refractivity contribution in [3.05, 3.63) is 64.7 Å². The smallest absolute Gasteiger partial charge is 0.255 e. The molecule has 0 saturated carbocycles. The molecule has 0 aliphatic heterocycles. The van der Waals surface area contributed by atoms with Crippen molar-refractivity contribution in [2.24, 2.45) is 11.7 Å². The Balaban J connectivity index is 0.00000392. The fourth-order valence-electron chi connectivity index (χ4n) is 2.60. The van der Waals surface area contributed by atoms with E-state index in [9.17, 15) is 9.59 Å². The van der Waals surface area contributed by atoms with Crippen LogP contribution in [-0.2, 0) is 11.3 Å². The van der Waals surface area contributed by atoms with E-state index in [0.717, 1.165) is 5.56 Å². The van der Waals surface area contributed by atoms with Gasteiger partial charge in [0, 0.05) is 18.8 Å². The number of nitrogens with one attached hydrogen (secondary N) is 1. The average molecular weight is 424 g/mol. The van der Waals surface area contributed by atoms with Crippen molar-refractivity contribution in [2.75, 3.05) is 11.9 Å². The number of rotatable bonds is 7. The lowest BCUT2D eigenvalue weighted by Gasteiger charge is -2.22. The zero-order chi connectivity index (χ0) is 20.0. The molecule has 0 aliphatic carbocycles. The van der Waals surface area contributed by atoms with Crippen LogP contribution in [0, 0.1) is 5.92 Å². The van der Waals surface area contributed by atoms with E-state index in [4.69, 9.17) is 17.3 Å². The van der Waals surface area contributed by atoms with Gasteiger partial charge in [0.15, 0.2) is 0 Å². The lowest BCUT2D eigenvalue weighted by Crippen LogP contribution is -2.39. The van der Waals surface area contributed by atoms with Gasteiger partial charge in [-0.2, -0.15) is 0 Å². The summed E-state index contributed by atoms with van der Waals surface area (Å²) in [4.78, 5) is 26.9. The molecular formula is C21H27Cl2N3O2. The fraction of sp³-hybridized carbons (Fsp3) is 0.333. The van der Waals surface area contributed by atoms with Crippen molar-refractivity contribution < 1.29 is 9.59 Å². The highest BCUT2D eigenvalue weighted by Gasteiger charge is 2.20. The lowest BCUT2D eigenvalue weighted by atomic mass is 10.0. The predicted octanol–water partition coefficient (Wildman–Crippen LogP) is 4.35. The van der Waals surface area contributed by atoms with Crippen molar-refractivity contribution in [3.63, 3.8) is 0 Å². The van der Waals surface area contributed by atoms with E-state index in [-0.39, 0.29) is 30.1 Å². The molecule has 0 aliphatic rings.